The number of alkyl halides is 6. The van der Waals surface area contributed by atoms with Crippen molar-refractivity contribution in [3.8, 4) is 5.75 Å². The monoisotopic (exact) mass is 375 g/mol. The zero-order valence-corrected chi connectivity index (χ0v) is 12.9. The van der Waals surface area contributed by atoms with Crippen LogP contribution >= 0.6 is 0 Å². The van der Waals surface area contributed by atoms with Crippen LogP contribution in [0.25, 0.3) is 6.08 Å². The van der Waals surface area contributed by atoms with Crippen molar-refractivity contribution in [2.24, 2.45) is 0 Å². The molecule has 2 N–H and O–H groups in total. The average Bonchev–Trinajstić information content (AvgIpc) is 2.53. The molecule has 0 aliphatic heterocycles. The third kappa shape index (κ3) is 4.16. The Kier molecular flexibility index (Phi) is 5.02. The molecule has 26 heavy (non-hydrogen) atoms. The van der Waals surface area contributed by atoms with Gasteiger partial charge in [0.15, 0.2) is 0 Å². The number of aromatic hydroxyl groups is 1. The molecule has 2 aromatic carbocycles. The molecule has 2 aromatic rings. The molecule has 0 unspecified atom stereocenters. The molecule has 0 fully saturated rings. The lowest BCUT2D eigenvalue weighted by Crippen LogP contribution is -2.16. The van der Waals surface area contributed by atoms with Crippen LogP contribution in [0, 0.1) is 0 Å². The van der Waals surface area contributed by atoms with Crippen LogP contribution in [0.2, 0.25) is 0 Å². The molecule has 0 aliphatic carbocycles. The minimum Gasteiger partial charge on any atom is -0.506 e. The average molecular weight is 375 g/mol. The number of nitrogens with one attached hydrogen (secondary N) is 1. The Hall–Kier alpha value is -2.97. The first-order valence-corrected chi connectivity index (χ1v) is 6.98. The van der Waals surface area contributed by atoms with Gasteiger partial charge in [-0.1, -0.05) is 24.8 Å². The Morgan fingerprint density at radius 3 is 2.00 bits per heavy atom. The maximum absolute atomic E-state index is 12.8. The highest BCUT2D eigenvalue weighted by Crippen LogP contribution is 2.37. The van der Waals surface area contributed by atoms with Crippen molar-refractivity contribution < 1.29 is 36.2 Å². The second kappa shape index (κ2) is 6.74. The molecule has 9 heteroatoms. The molecule has 2 rings (SSSR count). The number of rotatable bonds is 3. The SMILES string of the molecule is C=Cc1cccc(C(=O)Nc2cc(C(F)(F)F)cc(C(F)(F)F)c2)c1O. The normalized spacial score (nSPS) is 11.9. The first-order valence-electron chi connectivity index (χ1n) is 6.98. The summed E-state index contributed by atoms with van der Waals surface area (Å²) in [4.78, 5) is 12.2. The summed E-state index contributed by atoms with van der Waals surface area (Å²) in [6.45, 7) is 3.41. The number of benzene rings is 2. The minimum absolute atomic E-state index is 0.0501. The maximum Gasteiger partial charge on any atom is 0.416 e. The number of carbonyl (C=O) groups is 1. The third-order valence-electron chi connectivity index (χ3n) is 3.38. The van der Waals surface area contributed by atoms with Gasteiger partial charge < -0.3 is 10.4 Å². The Balaban J connectivity index is 2.46. The van der Waals surface area contributed by atoms with E-state index < -0.39 is 40.8 Å². The van der Waals surface area contributed by atoms with Crippen molar-refractivity contribution in [2.45, 2.75) is 12.4 Å². The summed E-state index contributed by atoms with van der Waals surface area (Å²) in [6, 6.07) is 4.66. The van der Waals surface area contributed by atoms with Gasteiger partial charge in [-0.15, -0.1) is 0 Å². The Morgan fingerprint density at radius 2 is 1.54 bits per heavy atom. The van der Waals surface area contributed by atoms with Crippen molar-refractivity contribution in [1.82, 2.24) is 0 Å². The molecule has 0 aliphatic rings. The van der Waals surface area contributed by atoms with Crippen LogP contribution in [0.15, 0.2) is 43.0 Å². The Labute approximate surface area is 143 Å². The number of anilines is 1. The van der Waals surface area contributed by atoms with Crippen LogP contribution in [-0.2, 0) is 12.4 Å². The zero-order valence-electron chi connectivity index (χ0n) is 12.9. The van der Waals surface area contributed by atoms with E-state index in [0.717, 1.165) is 6.07 Å². The van der Waals surface area contributed by atoms with E-state index >= 15 is 0 Å². The van der Waals surface area contributed by atoms with Gasteiger partial charge in [-0.05, 0) is 24.3 Å². The van der Waals surface area contributed by atoms with Gasteiger partial charge in [0, 0.05) is 11.3 Å². The number of hydrogen-bond donors (Lipinski definition) is 2. The molecule has 1 amide bonds. The first-order chi connectivity index (χ1) is 11.9. The third-order valence-corrected chi connectivity index (χ3v) is 3.38. The summed E-state index contributed by atoms with van der Waals surface area (Å²) < 4.78 is 77.0. The van der Waals surface area contributed by atoms with E-state index in [-0.39, 0.29) is 17.2 Å². The van der Waals surface area contributed by atoms with E-state index in [4.69, 9.17) is 0 Å². The second-order valence-electron chi connectivity index (χ2n) is 5.20. The molecule has 0 saturated carbocycles. The van der Waals surface area contributed by atoms with Crippen molar-refractivity contribution >= 4 is 17.7 Å². The van der Waals surface area contributed by atoms with Crippen molar-refractivity contribution in [3.63, 3.8) is 0 Å². The van der Waals surface area contributed by atoms with E-state index in [0.29, 0.717) is 12.1 Å². The standard InChI is InChI=1S/C17H11F6NO2/c1-2-9-4-3-5-13(14(9)25)15(26)24-12-7-10(16(18,19)20)6-11(8-12)17(21,22)23/h2-8,25H,1H2,(H,24,26). The molecule has 0 heterocycles. The van der Waals surface area contributed by atoms with Crippen LogP contribution < -0.4 is 5.32 Å². The first kappa shape index (κ1) is 19.4. The lowest BCUT2D eigenvalue weighted by atomic mass is 10.1. The molecule has 0 radical (unpaired) electrons. The van der Waals surface area contributed by atoms with Crippen LogP contribution in [0.3, 0.4) is 0 Å². The maximum atomic E-state index is 12.8. The fourth-order valence-electron chi connectivity index (χ4n) is 2.13. The molecule has 0 atom stereocenters. The van der Waals surface area contributed by atoms with E-state index in [1.54, 1.807) is 0 Å². The molecular formula is C17H11F6NO2. The summed E-state index contributed by atoms with van der Waals surface area (Å²) in [5.74, 6) is -1.57. The number of hydrogen-bond acceptors (Lipinski definition) is 2. The molecule has 138 valence electrons. The zero-order chi connectivity index (χ0) is 19.7. The van der Waals surface area contributed by atoms with Crippen molar-refractivity contribution in [3.05, 3.63) is 65.2 Å². The number of phenolic OH excluding ortho intramolecular Hbond substituents is 1. The van der Waals surface area contributed by atoms with Gasteiger partial charge in [0.25, 0.3) is 5.91 Å². The summed E-state index contributed by atoms with van der Waals surface area (Å²) in [5, 5.41) is 11.9. The number of carbonyl (C=O) groups excluding carboxylic acids is 1. The van der Waals surface area contributed by atoms with Gasteiger partial charge in [-0.25, -0.2) is 0 Å². The van der Waals surface area contributed by atoms with E-state index in [1.165, 1.54) is 18.2 Å². The van der Waals surface area contributed by atoms with E-state index in [9.17, 15) is 36.2 Å². The van der Waals surface area contributed by atoms with Gasteiger partial charge in [0.1, 0.15) is 5.75 Å². The van der Waals surface area contributed by atoms with Gasteiger partial charge in [-0.3, -0.25) is 4.79 Å². The summed E-state index contributed by atoms with van der Waals surface area (Å²) in [7, 11) is 0. The number of para-hydroxylation sites is 1. The van der Waals surface area contributed by atoms with Crippen molar-refractivity contribution in [1.29, 1.82) is 0 Å². The Bertz CT molecular complexity index is 823. The van der Waals surface area contributed by atoms with Gasteiger partial charge >= 0.3 is 12.4 Å². The quantitative estimate of drug-likeness (QED) is 0.713. The number of phenols is 1. The van der Waals surface area contributed by atoms with Gasteiger partial charge in [0.05, 0.1) is 16.7 Å². The highest BCUT2D eigenvalue weighted by molar-refractivity contribution is 6.06. The van der Waals surface area contributed by atoms with Crippen LogP contribution in [0.4, 0.5) is 32.0 Å². The lowest BCUT2D eigenvalue weighted by Gasteiger charge is -2.15. The lowest BCUT2D eigenvalue weighted by molar-refractivity contribution is -0.143. The molecular weight excluding hydrogens is 364 g/mol. The summed E-state index contributed by atoms with van der Waals surface area (Å²) >= 11 is 0. The predicted molar refractivity (Wildman–Crippen MR) is 82.6 cm³/mol. The molecule has 0 saturated heterocycles. The van der Waals surface area contributed by atoms with Crippen LogP contribution in [-0.4, -0.2) is 11.0 Å². The van der Waals surface area contributed by atoms with Gasteiger partial charge in [-0.2, -0.15) is 26.3 Å². The molecule has 3 nitrogen and oxygen atoms in total. The Morgan fingerprint density at radius 1 is 1.00 bits per heavy atom. The van der Waals surface area contributed by atoms with E-state index in [1.807, 2.05) is 5.32 Å². The second-order valence-corrected chi connectivity index (χ2v) is 5.20. The largest absolute Gasteiger partial charge is 0.506 e. The minimum atomic E-state index is -5.04. The highest BCUT2D eigenvalue weighted by atomic mass is 19.4. The van der Waals surface area contributed by atoms with E-state index in [2.05, 4.69) is 6.58 Å². The van der Waals surface area contributed by atoms with Crippen LogP contribution in [0.1, 0.15) is 27.0 Å². The van der Waals surface area contributed by atoms with Gasteiger partial charge in [0.2, 0.25) is 0 Å². The highest BCUT2D eigenvalue weighted by Gasteiger charge is 2.37. The van der Waals surface area contributed by atoms with Crippen molar-refractivity contribution in [2.75, 3.05) is 5.32 Å². The van der Waals surface area contributed by atoms with Crippen LogP contribution in [0.5, 0.6) is 5.75 Å². The fourth-order valence-corrected chi connectivity index (χ4v) is 2.13. The number of amides is 1. The smallest absolute Gasteiger partial charge is 0.416 e. The molecule has 0 aromatic heterocycles. The number of halogens is 6. The summed E-state index contributed by atoms with van der Waals surface area (Å²) in [5.41, 5.74) is -3.98. The predicted octanol–water partition coefficient (Wildman–Crippen LogP) is 5.33. The summed E-state index contributed by atoms with van der Waals surface area (Å²) in [6.07, 6.45) is -8.84. The molecule has 0 spiro atoms. The fraction of sp³-hybridized carbons (Fsp3) is 0.118. The topological polar surface area (TPSA) is 49.3 Å². The molecule has 0 bridgehead atoms.